The SMILES string of the molecule is Cc1ccnc(NCC2CCN(CC(F)(F)F)C2)c1N. The Labute approximate surface area is 116 Å². The lowest BCUT2D eigenvalue weighted by molar-refractivity contribution is -0.143. The van der Waals surface area contributed by atoms with Crippen LogP contribution in [0.4, 0.5) is 24.7 Å². The van der Waals surface area contributed by atoms with Gasteiger partial charge in [-0.25, -0.2) is 4.98 Å². The van der Waals surface area contributed by atoms with E-state index in [0.29, 0.717) is 31.1 Å². The number of nitrogens with two attached hydrogens (primary N) is 1. The molecule has 1 atom stereocenters. The maximum absolute atomic E-state index is 12.3. The molecule has 1 aliphatic heterocycles. The van der Waals surface area contributed by atoms with Gasteiger partial charge in [0.2, 0.25) is 0 Å². The first-order chi connectivity index (χ1) is 9.35. The van der Waals surface area contributed by atoms with Crippen molar-refractivity contribution in [2.24, 2.45) is 5.92 Å². The van der Waals surface area contributed by atoms with E-state index in [1.165, 1.54) is 4.90 Å². The molecule has 1 aromatic heterocycles. The van der Waals surface area contributed by atoms with Crippen LogP contribution in [0.1, 0.15) is 12.0 Å². The summed E-state index contributed by atoms with van der Waals surface area (Å²) in [5.41, 5.74) is 7.43. The standard InChI is InChI=1S/C13H19F3N4/c1-9-2-4-18-12(11(9)17)19-6-10-3-5-20(7-10)8-13(14,15)16/h2,4,10H,3,5-8,17H2,1H3,(H,18,19). The van der Waals surface area contributed by atoms with Gasteiger partial charge in [0.1, 0.15) is 5.82 Å². The second-order valence-corrected chi connectivity index (χ2v) is 5.28. The molecule has 1 unspecified atom stereocenters. The van der Waals surface area contributed by atoms with Crippen molar-refractivity contribution in [3.05, 3.63) is 17.8 Å². The third kappa shape index (κ3) is 4.00. The zero-order valence-electron chi connectivity index (χ0n) is 11.4. The number of nitrogen functional groups attached to an aromatic ring is 1. The maximum Gasteiger partial charge on any atom is 0.401 e. The molecule has 1 aromatic rings. The average molecular weight is 288 g/mol. The molecule has 20 heavy (non-hydrogen) atoms. The van der Waals surface area contributed by atoms with Gasteiger partial charge in [-0.2, -0.15) is 13.2 Å². The Morgan fingerprint density at radius 1 is 1.50 bits per heavy atom. The molecular formula is C13H19F3N4. The van der Waals surface area contributed by atoms with E-state index in [-0.39, 0.29) is 5.92 Å². The van der Waals surface area contributed by atoms with Crippen LogP contribution in [0.15, 0.2) is 12.3 Å². The molecule has 2 rings (SSSR count). The summed E-state index contributed by atoms with van der Waals surface area (Å²) < 4.78 is 36.9. The van der Waals surface area contributed by atoms with Crippen LogP contribution < -0.4 is 11.1 Å². The highest BCUT2D eigenvalue weighted by Crippen LogP contribution is 2.24. The quantitative estimate of drug-likeness (QED) is 0.892. The summed E-state index contributed by atoms with van der Waals surface area (Å²) in [6.07, 6.45) is -1.70. The molecule has 0 aromatic carbocycles. The summed E-state index contributed by atoms with van der Waals surface area (Å²) >= 11 is 0. The molecule has 0 bridgehead atoms. The number of anilines is 2. The zero-order chi connectivity index (χ0) is 14.8. The number of aromatic nitrogens is 1. The summed E-state index contributed by atoms with van der Waals surface area (Å²) in [6, 6.07) is 1.82. The first-order valence-corrected chi connectivity index (χ1v) is 6.59. The Bertz CT molecular complexity index is 461. The summed E-state index contributed by atoms with van der Waals surface area (Å²) in [6.45, 7) is 2.60. The van der Waals surface area contributed by atoms with Crippen molar-refractivity contribution in [3.8, 4) is 0 Å². The lowest BCUT2D eigenvalue weighted by atomic mass is 10.1. The van der Waals surface area contributed by atoms with Gasteiger partial charge >= 0.3 is 6.18 Å². The monoisotopic (exact) mass is 288 g/mol. The van der Waals surface area contributed by atoms with Crippen molar-refractivity contribution in [2.45, 2.75) is 19.5 Å². The minimum atomic E-state index is -4.12. The van der Waals surface area contributed by atoms with Crippen LogP contribution in [0.5, 0.6) is 0 Å². The summed E-state index contributed by atoms with van der Waals surface area (Å²) in [5, 5.41) is 3.14. The van der Waals surface area contributed by atoms with Crippen LogP contribution in [-0.4, -0.2) is 42.2 Å². The molecule has 0 aliphatic carbocycles. The van der Waals surface area contributed by atoms with Crippen LogP contribution in [0.25, 0.3) is 0 Å². The number of pyridine rings is 1. The number of rotatable bonds is 4. The number of aryl methyl sites for hydroxylation is 1. The number of likely N-dealkylation sites (tertiary alicyclic amines) is 1. The highest BCUT2D eigenvalue weighted by molar-refractivity contribution is 5.64. The smallest absolute Gasteiger partial charge is 0.396 e. The molecule has 2 heterocycles. The van der Waals surface area contributed by atoms with E-state index in [1.54, 1.807) is 6.20 Å². The highest BCUT2D eigenvalue weighted by Gasteiger charge is 2.34. The molecule has 7 heteroatoms. The molecule has 0 radical (unpaired) electrons. The fourth-order valence-electron chi connectivity index (χ4n) is 2.43. The average Bonchev–Trinajstić information content (AvgIpc) is 2.76. The maximum atomic E-state index is 12.3. The lowest BCUT2D eigenvalue weighted by Gasteiger charge is -2.18. The van der Waals surface area contributed by atoms with Crippen LogP contribution in [-0.2, 0) is 0 Å². The second-order valence-electron chi connectivity index (χ2n) is 5.28. The van der Waals surface area contributed by atoms with Crippen molar-refractivity contribution in [1.82, 2.24) is 9.88 Å². The van der Waals surface area contributed by atoms with E-state index in [0.717, 1.165) is 12.0 Å². The predicted octanol–water partition coefficient (Wildman–Crippen LogP) is 2.27. The molecule has 0 saturated carbocycles. The van der Waals surface area contributed by atoms with Crippen LogP contribution in [0.3, 0.4) is 0 Å². The molecule has 4 nitrogen and oxygen atoms in total. The van der Waals surface area contributed by atoms with Gasteiger partial charge < -0.3 is 11.1 Å². The van der Waals surface area contributed by atoms with Gasteiger partial charge in [-0.15, -0.1) is 0 Å². The van der Waals surface area contributed by atoms with Crippen molar-refractivity contribution < 1.29 is 13.2 Å². The topological polar surface area (TPSA) is 54.2 Å². The highest BCUT2D eigenvalue weighted by atomic mass is 19.4. The van der Waals surface area contributed by atoms with E-state index < -0.39 is 12.7 Å². The van der Waals surface area contributed by atoms with Gasteiger partial charge in [-0.1, -0.05) is 0 Å². The summed E-state index contributed by atoms with van der Waals surface area (Å²) in [4.78, 5) is 5.59. The number of halogens is 3. The molecule has 112 valence electrons. The minimum Gasteiger partial charge on any atom is -0.396 e. The zero-order valence-corrected chi connectivity index (χ0v) is 11.4. The molecule has 1 aliphatic rings. The van der Waals surface area contributed by atoms with Gasteiger partial charge in [-0.3, -0.25) is 4.90 Å². The molecule has 0 spiro atoms. The Morgan fingerprint density at radius 3 is 2.95 bits per heavy atom. The number of hydrogen-bond donors (Lipinski definition) is 2. The molecule has 1 saturated heterocycles. The number of nitrogens with zero attached hydrogens (tertiary/aromatic N) is 2. The van der Waals surface area contributed by atoms with Crippen LogP contribution in [0.2, 0.25) is 0 Å². The first kappa shape index (κ1) is 14.9. The van der Waals surface area contributed by atoms with Gasteiger partial charge in [0.25, 0.3) is 0 Å². The molecule has 3 N–H and O–H groups in total. The third-order valence-electron chi connectivity index (χ3n) is 3.54. The minimum absolute atomic E-state index is 0.194. The second kappa shape index (κ2) is 5.87. The van der Waals surface area contributed by atoms with E-state index in [9.17, 15) is 13.2 Å². The fraction of sp³-hybridized carbons (Fsp3) is 0.615. The Balaban J connectivity index is 1.83. The van der Waals surface area contributed by atoms with Gasteiger partial charge in [0.15, 0.2) is 0 Å². The van der Waals surface area contributed by atoms with Crippen molar-refractivity contribution in [2.75, 3.05) is 37.2 Å². The Hall–Kier alpha value is -1.50. The normalized spacial score (nSPS) is 20.3. The molecular weight excluding hydrogens is 269 g/mol. The predicted molar refractivity (Wildman–Crippen MR) is 72.5 cm³/mol. The van der Waals surface area contributed by atoms with Crippen molar-refractivity contribution >= 4 is 11.5 Å². The van der Waals surface area contributed by atoms with Gasteiger partial charge in [0.05, 0.1) is 12.2 Å². The van der Waals surface area contributed by atoms with E-state index in [2.05, 4.69) is 10.3 Å². The van der Waals surface area contributed by atoms with Crippen molar-refractivity contribution in [3.63, 3.8) is 0 Å². The summed E-state index contributed by atoms with van der Waals surface area (Å²) in [7, 11) is 0. The van der Waals surface area contributed by atoms with Gasteiger partial charge in [-0.05, 0) is 37.4 Å². The lowest BCUT2D eigenvalue weighted by Crippen LogP contribution is -2.33. The van der Waals surface area contributed by atoms with Crippen LogP contribution >= 0.6 is 0 Å². The van der Waals surface area contributed by atoms with E-state index in [1.807, 2.05) is 13.0 Å². The van der Waals surface area contributed by atoms with E-state index >= 15 is 0 Å². The Morgan fingerprint density at radius 2 is 2.25 bits per heavy atom. The molecule has 1 fully saturated rings. The Kier molecular flexibility index (Phi) is 4.37. The first-order valence-electron chi connectivity index (χ1n) is 6.59. The number of hydrogen-bond acceptors (Lipinski definition) is 4. The largest absolute Gasteiger partial charge is 0.401 e. The van der Waals surface area contributed by atoms with E-state index in [4.69, 9.17) is 5.73 Å². The fourth-order valence-corrected chi connectivity index (χ4v) is 2.43. The number of alkyl halides is 3. The molecule has 0 amide bonds. The van der Waals surface area contributed by atoms with Crippen molar-refractivity contribution in [1.29, 1.82) is 0 Å². The third-order valence-corrected chi connectivity index (χ3v) is 3.54. The number of nitrogens with one attached hydrogen (secondary N) is 1. The van der Waals surface area contributed by atoms with Gasteiger partial charge in [0, 0.05) is 19.3 Å². The summed E-state index contributed by atoms with van der Waals surface area (Å²) in [5.74, 6) is 0.804. The van der Waals surface area contributed by atoms with Crippen LogP contribution in [0, 0.1) is 12.8 Å².